The van der Waals surface area contributed by atoms with Crippen LogP contribution in [0.4, 0.5) is 0 Å². The molecule has 1 heterocycles. The van der Waals surface area contributed by atoms with Gasteiger partial charge in [0, 0.05) is 6.07 Å². The van der Waals surface area contributed by atoms with Crippen LogP contribution in [0.5, 0.6) is 11.5 Å². The third-order valence-corrected chi connectivity index (χ3v) is 2.92. The highest BCUT2D eigenvalue weighted by molar-refractivity contribution is 5.47. The summed E-state index contributed by atoms with van der Waals surface area (Å²) in [6, 6.07) is 7.41. The summed E-state index contributed by atoms with van der Waals surface area (Å²) in [4.78, 5) is 0. The van der Waals surface area contributed by atoms with Crippen molar-refractivity contribution in [3.63, 3.8) is 0 Å². The molecule has 1 aliphatic rings. The second kappa shape index (κ2) is 5.58. The molecule has 3 nitrogen and oxygen atoms in total. The topological polar surface area (TPSA) is 42.2 Å². The lowest BCUT2D eigenvalue weighted by atomic mass is 10.1. The van der Waals surface area contributed by atoms with Gasteiger partial charge in [0.15, 0.2) is 11.5 Å². The van der Waals surface area contributed by atoms with Crippen molar-refractivity contribution in [2.24, 2.45) is 0 Å². The minimum atomic E-state index is 0.128. The summed E-state index contributed by atoms with van der Waals surface area (Å²) < 4.78 is 11.5. The third-order valence-electron chi connectivity index (χ3n) is 2.92. The highest BCUT2D eigenvalue weighted by Gasteiger charge is 2.20. The largest absolute Gasteiger partial charge is 0.486 e. The molecule has 3 heteroatoms. The van der Waals surface area contributed by atoms with E-state index in [1.165, 1.54) is 12.8 Å². The Morgan fingerprint density at radius 2 is 2.24 bits per heavy atom. The van der Waals surface area contributed by atoms with Gasteiger partial charge in [0.2, 0.25) is 0 Å². The number of hydrogen-bond donors (Lipinski definition) is 0. The predicted octanol–water partition coefficient (Wildman–Crippen LogP) is 3.28. The van der Waals surface area contributed by atoms with Gasteiger partial charge in [0.05, 0.1) is 11.6 Å². The summed E-state index contributed by atoms with van der Waals surface area (Å²) in [5.74, 6) is 1.45. The van der Waals surface area contributed by atoms with Gasteiger partial charge in [-0.05, 0) is 25.0 Å². The van der Waals surface area contributed by atoms with Crippen LogP contribution in [-0.4, -0.2) is 12.7 Å². The zero-order valence-electron chi connectivity index (χ0n) is 10.1. The van der Waals surface area contributed by atoms with E-state index in [1.807, 2.05) is 0 Å². The monoisotopic (exact) mass is 231 g/mol. The van der Waals surface area contributed by atoms with E-state index in [4.69, 9.17) is 14.7 Å². The van der Waals surface area contributed by atoms with E-state index in [-0.39, 0.29) is 6.10 Å². The average molecular weight is 231 g/mol. The molecule has 0 fully saturated rings. The highest BCUT2D eigenvalue weighted by Crippen LogP contribution is 2.33. The molecule has 0 saturated heterocycles. The van der Waals surface area contributed by atoms with E-state index < -0.39 is 0 Å². The minimum absolute atomic E-state index is 0.128. The van der Waals surface area contributed by atoms with Crippen molar-refractivity contribution in [2.45, 2.75) is 38.7 Å². The number of benzene rings is 1. The van der Waals surface area contributed by atoms with Crippen LogP contribution in [0.1, 0.15) is 38.2 Å². The highest BCUT2D eigenvalue weighted by atomic mass is 16.6. The van der Waals surface area contributed by atoms with Gasteiger partial charge in [-0.2, -0.15) is 5.26 Å². The number of unbranched alkanes of at least 4 members (excludes halogenated alkanes) is 2. The molecular formula is C14H17NO2. The molecule has 0 spiro atoms. The maximum absolute atomic E-state index is 8.83. The summed E-state index contributed by atoms with van der Waals surface area (Å²) in [5.41, 5.74) is 0.613. The molecule has 1 aromatic carbocycles. The smallest absolute Gasteiger partial charge is 0.163 e. The number of fused-ring (bicyclic) bond motifs is 1. The van der Waals surface area contributed by atoms with E-state index in [9.17, 15) is 0 Å². The molecule has 90 valence electrons. The molecule has 17 heavy (non-hydrogen) atoms. The second-order valence-corrected chi connectivity index (χ2v) is 4.32. The van der Waals surface area contributed by atoms with Crippen molar-refractivity contribution in [1.82, 2.24) is 0 Å². The minimum Gasteiger partial charge on any atom is -0.486 e. The van der Waals surface area contributed by atoms with Crippen LogP contribution in [0.15, 0.2) is 18.2 Å². The number of nitriles is 1. The molecule has 1 aromatic rings. The van der Waals surface area contributed by atoms with Gasteiger partial charge >= 0.3 is 0 Å². The first-order chi connectivity index (χ1) is 8.33. The van der Waals surface area contributed by atoms with E-state index >= 15 is 0 Å². The average Bonchev–Trinajstić information content (AvgIpc) is 2.38. The molecule has 0 amide bonds. The molecule has 0 N–H and O–H groups in total. The zero-order valence-corrected chi connectivity index (χ0v) is 10.1. The SMILES string of the molecule is CCCCCC1COc2ccc(C#N)cc2O1. The first-order valence-electron chi connectivity index (χ1n) is 6.17. The van der Waals surface area contributed by atoms with Gasteiger partial charge in [0.1, 0.15) is 12.7 Å². The lowest BCUT2D eigenvalue weighted by molar-refractivity contribution is 0.0829. The third kappa shape index (κ3) is 2.91. The maximum Gasteiger partial charge on any atom is 0.163 e. The Morgan fingerprint density at radius 3 is 3.00 bits per heavy atom. The van der Waals surface area contributed by atoms with Crippen LogP contribution in [-0.2, 0) is 0 Å². The van der Waals surface area contributed by atoms with Crippen LogP contribution >= 0.6 is 0 Å². The van der Waals surface area contributed by atoms with Gasteiger partial charge in [-0.1, -0.05) is 19.8 Å². The quantitative estimate of drug-likeness (QED) is 0.747. The molecule has 0 bridgehead atoms. The molecule has 0 saturated carbocycles. The molecule has 0 aromatic heterocycles. The Bertz CT molecular complexity index is 423. The molecule has 1 aliphatic heterocycles. The number of nitrogens with zero attached hydrogens (tertiary/aromatic N) is 1. The van der Waals surface area contributed by atoms with E-state index in [1.54, 1.807) is 18.2 Å². The van der Waals surface area contributed by atoms with Gasteiger partial charge in [-0.15, -0.1) is 0 Å². The fraction of sp³-hybridized carbons (Fsp3) is 0.500. The first-order valence-corrected chi connectivity index (χ1v) is 6.17. The Kier molecular flexibility index (Phi) is 3.87. The van der Waals surface area contributed by atoms with Crippen molar-refractivity contribution < 1.29 is 9.47 Å². The summed E-state index contributed by atoms with van der Waals surface area (Å²) in [5, 5.41) is 8.83. The number of ether oxygens (including phenoxy) is 2. The molecule has 1 atom stereocenters. The van der Waals surface area contributed by atoms with Crippen molar-refractivity contribution in [2.75, 3.05) is 6.61 Å². The number of rotatable bonds is 4. The van der Waals surface area contributed by atoms with Crippen LogP contribution in [0.3, 0.4) is 0 Å². The summed E-state index contributed by atoms with van der Waals surface area (Å²) in [7, 11) is 0. The van der Waals surface area contributed by atoms with Crippen molar-refractivity contribution in [1.29, 1.82) is 5.26 Å². The number of hydrogen-bond acceptors (Lipinski definition) is 3. The first kappa shape index (κ1) is 11.8. The predicted molar refractivity (Wildman–Crippen MR) is 65.2 cm³/mol. The molecule has 1 unspecified atom stereocenters. The van der Waals surface area contributed by atoms with Crippen LogP contribution in [0.25, 0.3) is 0 Å². The van der Waals surface area contributed by atoms with Crippen molar-refractivity contribution in [3.05, 3.63) is 23.8 Å². The fourth-order valence-corrected chi connectivity index (χ4v) is 1.95. The van der Waals surface area contributed by atoms with Crippen molar-refractivity contribution in [3.8, 4) is 17.6 Å². The summed E-state index contributed by atoms with van der Waals surface area (Å²) in [6.07, 6.45) is 4.75. The fourth-order valence-electron chi connectivity index (χ4n) is 1.95. The zero-order chi connectivity index (χ0) is 12.1. The lowest BCUT2D eigenvalue weighted by Crippen LogP contribution is -2.29. The Labute approximate surface area is 102 Å². The lowest BCUT2D eigenvalue weighted by Gasteiger charge is -2.26. The Balaban J connectivity index is 1.99. The summed E-state index contributed by atoms with van der Waals surface area (Å²) in [6.45, 7) is 2.80. The van der Waals surface area contributed by atoms with Crippen LogP contribution < -0.4 is 9.47 Å². The van der Waals surface area contributed by atoms with Gasteiger partial charge in [-0.25, -0.2) is 0 Å². The summed E-state index contributed by atoms with van der Waals surface area (Å²) >= 11 is 0. The van der Waals surface area contributed by atoms with Gasteiger partial charge in [-0.3, -0.25) is 0 Å². The Hall–Kier alpha value is -1.69. The molecule has 0 aliphatic carbocycles. The van der Waals surface area contributed by atoms with E-state index in [0.717, 1.165) is 18.6 Å². The van der Waals surface area contributed by atoms with Crippen LogP contribution in [0, 0.1) is 11.3 Å². The van der Waals surface area contributed by atoms with E-state index in [0.29, 0.717) is 17.9 Å². The van der Waals surface area contributed by atoms with Gasteiger partial charge < -0.3 is 9.47 Å². The normalized spacial score (nSPS) is 17.5. The second-order valence-electron chi connectivity index (χ2n) is 4.32. The molecule has 2 rings (SSSR count). The van der Waals surface area contributed by atoms with Crippen LogP contribution in [0.2, 0.25) is 0 Å². The van der Waals surface area contributed by atoms with Crippen molar-refractivity contribution >= 4 is 0 Å². The maximum atomic E-state index is 8.83. The standard InChI is InChI=1S/C14H17NO2/c1-2-3-4-5-12-10-16-13-7-6-11(9-15)8-14(13)17-12/h6-8,12H,2-5,10H2,1H3. The van der Waals surface area contributed by atoms with E-state index in [2.05, 4.69) is 13.0 Å². The molecular weight excluding hydrogens is 214 g/mol. The Morgan fingerprint density at radius 1 is 1.35 bits per heavy atom. The van der Waals surface area contributed by atoms with Gasteiger partial charge in [0.25, 0.3) is 0 Å². The molecule has 0 radical (unpaired) electrons.